The summed E-state index contributed by atoms with van der Waals surface area (Å²) in [7, 11) is 1.75. The average molecular weight is 291 g/mol. The van der Waals surface area contributed by atoms with Gasteiger partial charge in [0.25, 0.3) is 0 Å². The van der Waals surface area contributed by atoms with Gasteiger partial charge in [-0.1, -0.05) is 24.3 Å². The number of hydrogen-bond acceptors (Lipinski definition) is 2. The molecule has 0 radical (unpaired) electrons. The molecule has 0 bridgehead atoms. The molecular weight excluding hydrogens is 279 g/mol. The van der Waals surface area contributed by atoms with Gasteiger partial charge in [0.05, 0.1) is 5.56 Å². The summed E-state index contributed by atoms with van der Waals surface area (Å²) in [5.41, 5.74) is 1.77. The van der Waals surface area contributed by atoms with E-state index in [0.717, 1.165) is 23.4 Å². The van der Waals surface area contributed by atoms with Crippen LogP contribution in [0.2, 0.25) is 0 Å². The van der Waals surface area contributed by atoms with E-state index < -0.39 is 11.7 Å². The second-order valence-electron chi connectivity index (χ2n) is 4.87. The maximum Gasteiger partial charge on any atom is 0.417 e. The average Bonchev–Trinajstić information content (AvgIpc) is 2.75. The zero-order chi connectivity index (χ0) is 15.2. The van der Waals surface area contributed by atoms with E-state index in [9.17, 15) is 13.2 Å². The Balaban J connectivity index is 2.23. The van der Waals surface area contributed by atoms with Crippen LogP contribution in [0, 0.1) is 6.92 Å². The van der Waals surface area contributed by atoms with Crippen molar-refractivity contribution in [1.29, 1.82) is 0 Å². The van der Waals surface area contributed by atoms with Gasteiger partial charge in [-0.05, 0) is 18.6 Å². The maximum atomic E-state index is 12.7. The number of alkyl halides is 3. The number of imidazole rings is 1. The van der Waals surface area contributed by atoms with Gasteiger partial charge < -0.3 is 4.57 Å². The molecule has 0 amide bonds. The van der Waals surface area contributed by atoms with Gasteiger partial charge in [0.15, 0.2) is 5.65 Å². The normalized spacial score (nSPS) is 12.0. The number of rotatable bonds is 1. The predicted octanol–water partition coefficient (Wildman–Crippen LogP) is 3.96. The van der Waals surface area contributed by atoms with Crippen molar-refractivity contribution in [1.82, 2.24) is 14.5 Å². The molecule has 3 rings (SSSR count). The number of fused-ring (bicyclic) bond motifs is 1. The van der Waals surface area contributed by atoms with Crippen LogP contribution in [0.5, 0.6) is 0 Å². The smallest absolute Gasteiger partial charge is 0.312 e. The SMILES string of the molecule is Cc1ccccc1-c1nc2cc(C(F)(F)F)cnc2n1C. The van der Waals surface area contributed by atoms with E-state index in [4.69, 9.17) is 0 Å². The number of pyridine rings is 1. The third kappa shape index (κ3) is 2.26. The molecule has 3 aromatic rings. The molecule has 2 heterocycles. The molecule has 6 heteroatoms. The molecule has 0 N–H and O–H groups in total. The van der Waals surface area contributed by atoms with E-state index in [2.05, 4.69) is 9.97 Å². The van der Waals surface area contributed by atoms with E-state index in [1.54, 1.807) is 11.6 Å². The fraction of sp³-hybridized carbons (Fsp3) is 0.200. The number of hydrogen-bond donors (Lipinski definition) is 0. The fourth-order valence-electron chi connectivity index (χ4n) is 2.30. The van der Waals surface area contributed by atoms with Crippen LogP contribution in [0.3, 0.4) is 0 Å². The van der Waals surface area contributed by atoms with Crippen LogP contribution in [0.4, 0.5) is 13.2 Å². The molecule has 0 atom stereocenters. The summed E-state index contributed by atoms with van der Waals surface area (Å²) in [4.78, 5) is 8.22. The Labute approximate surface area is 119 Å². The first-order valence-electron chi connectivity index (χ1n) is 6.33. The third-order valence-electron chi connectivity index (χ3n) is 3.42. The lowest BCUT2D eigenvalue weighted by Gasteiger charge is -2.06. The summed E-state index contributed by atoms with van der Waals surface area (Å²) in [6.45, 7) is 1.93. The number of nitrogens with zero attached hydrogens (tertiary/aromatic N) is 3. The van der Waals surface area contributed by atoms with Crippen molar-refractivity contribution in [2.45, 2.75) is 13.1 Å². The Kier molecular flexibility index (Phi) is 2.97. The molecule has 0 aliphatic carbocycles. The van der Waals surface area contributed by atoms with E-state index in [1.165, 1.54) is 0 Å². The quantitative estimate of drug-likeness (QED) is 0.679. The molecular formula is C15H12F3N3. The molecule has 1 aromatic carbocycles. The molecule has 108 valence electrons. The van der Waals surface area contributed by atoms with Crippen molar-refractivity contribution >= 4 is 11.2 Å². The number of aryl methyl sites for hydroxylation is 2. The highest BCUT2D eigenvalue weighted by Crippen LogP contribution is 2.31. The minimum Gasteiger partial charge on any atom is -0.312 e. The Morgan fingerprint density at radius 1 is 1.14 bits per heavy atom. The standard InChI is InChI=1S/C15H12F3N3/c1-9-5-3-4-6-11(9)13-20-12-7-10(15(16,17)18)8-19-14(12)21(13)2/h3-8H,1-2H3. The number of halogens is 3. The highest BCUT2D eigenvalue weighted by Gasteiger charge is 2.31. The van der Waals surface area contributed by atoms with Crippen LogP contribution in [0.1, 0.15) is 11.1 Å². The third-order valence-corrected chi connectivity index (χ3v) is 3.42. The monoisotopic (exact) mass is 291 g/mol. The molecule has 0 unspecified atom stereocenters. The van der Waals surface area contributed by atoms with Crippen LogP contribution < -0.4 is 0 Å². The largest absolute Gasteiger partial charge is 0.417 e. The van der Waals surface area contributed by atoms with Crippen LogP contribution >= 0.6 is 0 Å². The van der Waals surface area contributed by atoms with E-state index in [0.29, 0.717) is 11.5 Å². The minimum atomic E-state index is -4.42. The highest BCUT2D eigenvalue weighted by atomic mass is 19.4. The van der Waals surface area contributed by atoms with Gasteiger partial charge in [-0.15, -0.1) is 0 Å². The van der Waals surface area contributed by atoms with Gasteiger partial charge >= 0.3 is 6.18 Å². The Morgan fingerprint density at radius 3 is 2.52 bits per heavy atom. The second-order valence-corrected chi connectivity index (χ2v) is 4.87. The van der Waals surface area contributed by atoms with Gasteiger partial charge in [-0.25, -0.2) is 9.97 Å². The molecule has 0 saturated heterocycles. The van der Waals surface area contributed by atoms with Crippen molar-refractivity contribution in [3.05, 3.63) is 47.7 Å². The second kappa shape index (κ2) is 4.58. The fourth-order valence-corrected chi connectivity index (χ4v) is 2.30. The molecule has 0 aliphatic rings. The summed E-state index contributed by atoms with van der Waals surface area (Å²) in [6, 6.07) is 8.63. The predicted molar refractivity (Wildman–Crippen MR) is 73.7 cm³/mol. The summed E-state index contributed by atoms with van der Waals surface area (Å²) < 4.78 is 39.9. The highest BCUT2D eigenvalue weighted by molar-refractivity contribution is 5.78. The zero-order valence-corrected chi connectivity index (χ0v) is 11.4. The van der Waals surface area contributed by atoms with Crippen molar-refractivity contribution in [3.63, 3.8) is 0 Å². The first-order chi connectivity index (χ1) is 9.88. The van der Waals surface area contributed by atoms with Crippen molar-refractivity contribution < 1.29 is 13.2 Å². The lowest BCUT2D eigenvalue weighted by Crippen LogP contribution is -2.05. The Hall–Kier alpha value is -2.37. The van der Waals surface area contributed by atoms with Crippen molar-refractivity contribution in [3.8, 4) is 11.4 Å². The molecule has 0 saturated carbocycles. The molecule has 3 nitrogen and oxygen atoms in total. The summed E-state index contributed by atoms with van der Waals surface area (Å²) in [5.74, 6) is 0.606. The Bertz CT molecular complexity index is 819. The zero-order valence-electron chi connectivity index (χ0n) is 11.4. The van der Waals surface area contributed by atoms with E-state index in [1.807, 2.05) is 31.2 Å². The first-order valence-corrected chi connectivity index (χ1v) is 6.33. The van der Waals surface area contributed by atoms with Crippen LogP contribution in [0.15, 0.2) is 36.5 Å². The minimum absolute atomic E-state index is 0.241. The van der Waals surface area contributed by atoms with Crippen LogP contribution in [-0.2, 0) is 13.2 Å². The van der Waals surface area contributed by atoms with Gasteiger partial charge in [-0.2, -0.15) is 13.2 Å². The van der Waals surface area contributed by atoms with E-state index in [-0.39, 0.29) is 5.52 Å². The molecule has 2 aromatic heterocycles. The van der Waals surface area contributed by atoms with Crippen LogP contribution in [0.25, 0.3) is 22.6 Å². The summed E-state index contributed by atoms with van der Waals surface area (Å²) in [5, 5.41) is 0. The van der Waals surface area contributed by atoms with Gasteiger partial charge in [0.2, 0.25) is 0 Å². The van der Waals surface area contributed by atoms with Gasteiger partial charge in [-0.3, -0.25) is 0 Å². The summed E-state index contributed by atoms with van der Waals surface area (Å²) in [6.07, 6.45) is -3.58. The van der Waals surface area contributed by atoms with Crippen molar-refractivity contribution in [2.24, 2.45) is 7.05 Å². The number of aromatic nitrogens is 3. The topological polar surface area (TPSA) is 30.7 Å². The summed E-state index contributed by atoms with van der Waals surface area (Å²) >= 11 is 0. The van der Waals surface area contributed by atoms with Crippen molar-refractivity contribution in [2.75, 3.05) is 0 Å². The van der Waals surface area contributed by atoms with Gasteiger partial charge in [0.1, 0.15) is 11.3 Å². The lowest BCUT2D eigenvalue weighted by atomic mass is 10.1. The number of benzene rings is 1. The van der Waals surface area contributed by atoms with E-state index >= 15 is 0 Å². The first kappa shape index (κ1) is 13.6. The Morgan fingerprint density at radius 2 is 1.86 bits per heavy atom. The lowest BCUT2D eigenvalue weighted by molar-refractivity contribution is -0.137. The maximum absolute atomic E-state index is 12.7. The molecule has 0 spiro atoms. The van der Waals surface area contributed by atoms with Gasteiger partial charge in [0, 0.05) is 18.8 Å². The van der Waals surface area contributed by atoms with Crippen LogP contribution in [-0.4, -0.2) is 14.5 Å². The molecule has 0 fully saturated rings. The molecule has 21 heavy (non-hydrogen) atoms. The molecule has 0 aliphatic heterocycles.